The number of pyridine rings is 1. The smallest absolute Gasteiger partial charge is 0.224 e. The number of ether oxygens (including phenoxy) is 1. The van der Waals surface area contributed by atoms with Gasteiger partial charge in [0.2, 0.25) is 5.95 Å². The third-order valence-electron chi connectivity index (χ3n) is 6.52. The van der Waals surface area contributed by atoms with Crippen LogP contribution in [0, 0.1) is 12.8 Å². The highest BCUT2D eigenvalue weighted by Gasteiger charge is 2.29. The minimum Gasteiger partial charge on any atom is -0.383 e. The number of methoxy groups -OCH3 is 1. The van der Waals surface area contributed by atoms with Gasteiger partial charge in [0, 0.05) is 37.9 Å². The Bertz CT molecular complexity index is 1120. The van der Waals surface area contributed by atoms with Crippen molar-refractivity contribution >= 4 is 33.3 Å². The van der Waals surface area contributed by atoms with Crippen molar-refractivity contribution in [3.63, 3.8) is 0 Å². The lowest BCUT2D eigenvalue weighted by molar-refractivity contribution is 0.210. The molecule has 0 radical (unpaired) electrons. The maximum Gasteiger partial charge on any atom is 0.224 e. The van der Waals surface area contributed by atoms with Crippen LogP contribution in [0.5, 0.6) is 0 Å². The van der Waals surface area contributed by atoms with Crippen molar-refractivity contribution in [1.29, 1.82) is 0 Å². The molecule has 0 unspecified atom stereocenters. The lowest BCUT2D eigenvalue weighted by atomic mass is 9.84. The van der Waals surface area contributed by atoms with Gasteiger partial charge in [-0.05, 0) is 52.0 Å². The lowest BCUT2D eigenvalue weighted by Crippen LogP contribution is -2.41. The molecule has 0 aliphatic heterocycles. The van der Waals surface area contributed by atoms with Crippen molar-refractivity contribution in [1.82, 2.24) is 19.9 Å². The molecule has 0 saturated heterocycles. The number of fused-ring (bicyclic) bond motifs is 1. The lowest BCUT2D eigenvalue weighted by Gasteiger charge is -2.30. The van der Waals surface area contributed by atoms with Crippen molar-refractivity contribution in [3.05, 3.63) is 23.7 Å². The van der Waals surface area contributed by atoms with Gasteiger partial charge in [-0.3, -0.25) is 4.98 Å². The molecule has 0 bridgehead atoms. The van der Waals surface area contributed by atoms with Gasteiger partial charge in [0.1, 0.15) is 16.3 Å². The molecule has 4 rings (SSSR count). The van der Waals surface area contributed by atoms with E-state index in [1.807, 2.05) is 27.0 Å². The summed E-state index contributed by atoms with van der Waals surface area (Å²) in [6.45, 7) is 14.4. The minimum atomic E-state index is -0.215. The topological polar surface area (TPSA) is 111 Å². The number of anilines is 2. The summed E-state index contributed by atoms with van der Waals surface area (Å²) in [5.74, 6) is 2.36. The number of hydrogen-bond donors (Lipinski definition) is 3. The van der Waals surface area contributed by atoms with E-state index in [9.17, 15) is 0 Å². The monoisotopic (exact) mass is 513 g/mol. The number of nitrogens with two attached hydrogens (primary N) is 1. The zero-order valence-electron chi connectivity index (χ0n) is 22.9. The van der Waals surface area contributed by atoms with Crippen LogP contribution < -0.4 is 16.4 Å². The zero-order chi connectivity index (χ0) is 26.3. The SMILES string of the molecule is CC.CC[C@@H](CCNc1nc(NCCOC)nc(C)c1-c1nc2c(C3CC3)nccc2s1)C(C)(C)N. The largest absolute Gasteiger partial charge is 0.383 e. The predicted octanol–water partition coefficient (Wildman–Crippen LogP) is 5.98. The summed E-state index contributed by atoms with van der Waals surface area (Å²) in [5.41, 5.74) is 10.2. The summed E-state index contributed by atoms with van der Waals surface area (Å²) in [6.07, 6.45) is 6.31. The van der Waals surface area contributed by atoms with Gasteiger partial charge in [0.15, 0.2) is 0 Å². The highest BCUT2D eigenvalue weighted by Crippen LogP contribution is 2.44. The van der Waals surface area contributed by atoms with Gasteiger partial charge in [-0.1, -0.05) is 27.2 Å². The van der Waals surface area contributed by atoms with Crippen LogP contribution in [-0.4, -0.2) is 52.3 Å². The molecule has 1 aliphatic rings. The Balaban J connectivity index is 0.00000176. The van der Waals surface area contributed by atoms with Crippen LogP contribution in [0.4, 0.5) is 11.8 Å². The number of hydrogen-bond acceptors (Lipinski definition) is 9. The molecule has 1 atom stereocenters. The quantitative estimate of drug-likeness (QED) is 0.254. The first-order valence-corrected chi connectivity index (χ1v) is 14.0. The fraction of sp³-hybridized carbons (Fsp3) is 0.630. The molecular formula is C27H43N7OS. The number of rotatable bonds is 12. The van der Waals surface area contributed by atoms with Crippen LogP contribution in [0.3, 0.4) is 0 Å². The maximum atomic E-state index is 6.40. The molecule has 9 heteroatoms. The molecule has 8 nitrogen and oxygen atoms in total. The first-order valence-electron chi connectivity index (χ1n) is 13.2. The minimum absolute atomic E-state index is 0.215. The highest BCUT2D eigenvalue weighted by atomic mass is 32.1. The molecule has 0 aromatic carbocycles. The second kappa shape index (κ2) is 12.7. The first kappa shape index (κ1) is 28.2. The average Bonchev–Trinajstić information content (AvgIpc) is 3.60. The molecular weight excluding hydrogens is 470 g/mol. The van der Waals surface area contributed by atoms with Crippen molar-refractivity contribution in [2.24, 2.45) is 11.7 Å². The van der Waals surface area contributed by atoms with E-state index in [1.165, 1.54) is 12.8 Å². The zero-order valence-corrected chi connectivity index (χ0v) is 23.8. The van der Waals surface area contributed by atoms with Gasteiger partial charge < -0.3 is 21.1 Å². The summed E-state index contributed by atoms with van der Waals surface area (Å²) in [5, 5.41) is 7.78. The van der Waals surface area contributed by atoms with Gasteiger partial charge in [-0.2, -0.15) is 4.98 Å². The standard InChI is InChI=1S/C25H37N7OS.C2H6/c1-6-17(25(3,4)26)9-11-28-22-19(15(2)30-24(32-22)29-13-14-33-5)23-31-21-18(34-23)10-12-27-20(21)16-7-8-16;1-2/h10,12,16-17H,6-9,11,13-14,26H2,1-5H3,(H2,28,29,30,32);1-2H3/t17-;/m0./s1. The van der Waals surface area contributed by atoms with Crippen LogP contribution in [0.1, 0.15) is 77.6 Å². The molecule has 3 heterocycles. The van der Waals surface area contributed by atoms with Crippen molar-refractivity contribution < 1.29 is 4.74 Å². The number of aromatic nitrogens is 4. The Morgan fingerprint density at radius 1 is 1.17 bits per heavy atom. The molecule has 4 N–H and O–H groups in total. The molecule has 36 heavy (non-hydrogen) atoms. The van der Waals surface area contributed by atoms with Gasteiger partial charge >= 0.3 is 0 Å². The van der Waals surface area contributed by atoms with Gasteiger partial charge in [-0.25, -0.2) is 9.97 Å². The van der Waals surface area contributed by atoms with E-state index in [0.717, 1.165) is 57.4 Å². The first-order chi connectivity index (χ1) is 17.3. The Hall–Kier alpha value is -2.36. The molecule has 1 aliphatic carbocycles. The predicted molar refractivity (Wildman–Crippen MR) is 152 cm³/mol. The third kappa shape index (κ3) is 6.89. The van der Waals surface area contributed by atoms with E-state index in [1.54, 1.807) is 18.4 Å². The number of thiazole rings is 1. The van der Waals surface area contributed by atoms with E-state index < -0.39 is 0 Å². The van der Waals surface area contributed by atoms with E-state index in [2.05, 4.69) is 42.5 Å². The highest BCUT2D eigenvalue weighted by molar-refractivity contribution is 7.21. The molecule has 3 aromatic heterocycles. The molecule has 0 amide bonds. The molecule has 0 spiro atoms. The molecule has 1 fully saturated rings. The molecule has 198 valence electrons. The fourth-order valence-electron chi connectivity index (χ4n) is 4.41. The Kier molecular flexibility index (Phi) is 9.99. The second-order valence-electron chi connectivity index (χ2n) is 9.75. The van der Waals surface area contributed by atoms with E-state index in [-0.39, 0.29) is 5.54 Å². The Morgan fingerprint density at radius 3 is 2.56 bits per heavy atom. The number of nitrogens with zero attached hydrogens (tertiary/aromatic N) is 4. The Labute approximate surface area is 219 Å². The molecule has 3 aromatic rings. The average molecular weight is 514 g/mol. The summed E-state index contributed by atoms with van der Waals surface area (Å²) < 4.78 is 6.32. The maximum absolute atomic E-state index is 6.40. The summed E-state index contributed by atoms with van der Waals surface area (Å²) in [4.78, 5) is 19.3. The van der Waals surface area contributed by atoms with E-state index in [4.69, 9.17) is 25.4 Å². The van der Waals surface area contributed by atoms with Crippen molar-refractivity contribution in [3.8, 4) is 10.6 Å². The van der Waals surface area contributed by atoms with Crippen LogP contribution >= 0.6 is 11.3 Å². The van der Waals surface area contributed by atoms with E-state index >= 15 is 0 Å². The fourth-order valence-corrected chi connectivity index (χ4v) is 5.47. The second-order valence-corrected chi connectivity index (χ2v) is 10.8. The Morgan fingerprint density at radius 2 is 1.92 bits per heavy atom. The third-order valence-corrected chi connectivity index (χ3v) is 7.56. The van der Waals surface area contributed by atoms with Gasteiger partial charge in [0.25, 0.3) is 0 Å². The molecule has 1 saturated carbocycles. The summed E-state index contributed by atoms with van der Waals surface area (Å²) in [7, 11) is 1.69. The van der Waals surface area contributed by atoms with E-state index in [0.29, 0.717) is 30.9 Å². The van der Waals surface area contributed by atoms with Crippen molar-refractivity contribution in [2.75, 3.05) is 37.4 Å². The van der Waals surface area contributed by atoms with Gasteiger partial charge in [-0.15, -0.1) is 11.3 Å². The summed E-state index contributed by atoms with van der Waals surface area (Å²) >= 11 is 1.68. The normalized spacial score (nSPS) is 14.3. The van der Waals surface area contributed by atoms with Gasteiger partial charge in [0.05, 0.1) is 28.3 Å². The summed E-state index contributed by atoms with van der Waals surface area (Å²) in [6, 6.07) is 2.06. The van der Waals surface area contributed by atoms with Crippen LogP contribution in [0.15, 0.2) is 12.3 Å². The van der Waals surface area contributed by atoms with Crippen LogP contribution in [0.2, 0.25) is 0 Å². The van der Waals surface area contributed by atoms with Crippen LogP contribution in [-0.2, 0) is 4.74 Å². The number of aryl methyl sites for hydroxylation is 1. The number of nitrogens with one attached hydrogen (secondary N) is 2. The van der Waals surface area contributed by atoms with Crippen LogP contribution in [0.25, 0.3) is 20.8 Å². The van der Waals surface area contributed by atoms with Crippen molar-refractivity contribution in [2.45, 2.75) is 78.7 Å².